The molecule has 0 amide bonds. The minimum Gasteiger partial charge on any atom is -0.384 e. The van der Waals surface area contributed by atoms with Crippen molar-refractivity contribution in [3.05, 3.63) is 42.2 Å². The third-order valence-electron chi connectivity index (χ3n) is 5.59. The first kappa shape index (κ1) is 23.7. The van der Waals surface area contributed by atoms with Gasteiger partial charge >= 0.3 is 0 Å². The molecule has 0 aliphatic heterocycles. The summed E-state index contributed by atoms with van der Waals surface area (Å²) < 4.78 is 35.0. The van der Waals surface area contributed by atoms with Crippen molar-refractivity contribution in [3.8, 4) is 0 Å². The maximum atomic E-state index is 12.7. The van der Waals surface area contributed by atoms with E-state index in [0.717, 1.165) is 40.0 Å². The van der Waals surface area contributed by atoms with Gasteiger partial charge in [0.15, 0.2) is 5.82 Å². The predicted molar refractivity (Wildman–Crippen MR) is 134 cm³/mol. The van der Waals surface area contributed by atoms with Crippen LogP contribution in [0, 0.1) is 0 Å². The lowest BCUT2D eigenvalue weighted by molar-refractivity contribution is 0.199. The number of aromatic nitrogens is 3. The first-order valence-electron chi connectivity index (χ1n) is 10.7. The first-order chi connectivity index (χ1) is 15.8. The smallest absolute Gasteiger partial charge is 0.252 e. The van der Waals surface area contributed by atoms with Crippen LogP contribution >= 0.6 is 11.3 Å². The van der Waals surface area contributed by atoms with Crippen molar-refractivity contribution >= 4 is 61.7 Å². The third kappa shape index (κ3) is 4.77. The summed E-state index contributed by atoms with van der Waals surface area (Å²) in [5.74, 6) is 1.29. The molecule has 0 saturated carbocycles. The van der Waals surface area contributed by atoms with E-state index in [9.17, 15) is 8.42 Å². The van der Waals surface area contributed by atoms with Crippen molar-refractivity contribution in [1.29, 1.82) is 0 Å². The van der Waals surface area contributed by atoms with Crippen molar-refractivity contribution in [2.45, 2.75) is 30.0 Å². The molecule has 2 radical (unpaired) electrons. The highest BCUT2D eigenvalue weighted by molar-refractivity contribution is 7.91. The molecule has 11 heteroatoms. The van der Waals surface area contributed by atoms with Gasteiger partial charge in [-0.25, -0.2) is 22.7 Å². The fraction of sp³-hybridized carbons (Fsp3) is 0.364. The number of unbranched alkanes of at least 4 members (excludes halogenated alkanes) is 1. The average molecular weight is 483 g/mol. The fourth-order valence-electron chi connectivity index (χ4n) is 3.88. The molecule has 8 nitrogen and oxygen atoms in total. The van der Waals surface area contributed by atoms with E-state index >= 15 is 0 Å². The Balaban J connectivity index is 1.55. The van der Waals surface area contributed by atoms with E-state index in [1.807, 2.05) is 24.3 Å². The van der Waals surface area contributed by atoms with Crippen LogP contribution in [-0.4, -0.2) is 62.4 Å². The maximum Gasteiger partial charge on any atom is 0.252 e. The lowest BCUT2D eigenvalue weighted by Crippen LogP contribution is -2.27. The number of fused-ring (bicyclic) bond motifs is 3. The number of nitrogens with zero attached hydrogens (tertiary/aromatic N) is 4. The molecule has 4 rings (SSSR count). The van der Waals surface area contributed by atoms with Crippen molar-refractivity contribution in [2.75, 3.05) is 33.0 Å². The molecule has 0 aliphatic carbocycles. The monoisotopic (exact) mass is 483 g/mol. The minimum absolute atomic E-state index is 0.263. The number of thiophene rings is 1. The zero-order valence-electron chi connectivity index (χ0n) is 18.7. The van der Waals surface area contributed by atoms with Crippen LogP contribution in [0.1, 0.15) is 18.7 Å². The van der Waals surface area contributed by atoms with Crippen molar-refractivity contribution in [1.82, 2.24) is 18.8 Å². The highest BCUT2D eigenvalue weighted by atomic mass is 32.2. The second-order valence-electron chi connectivity index (χ2n) is 7.82. The number of rotatable bonds is 10. The van der Waals surface area contributed by atoms with Gasteiger partial charge in [-0.1, -0.05) is 24.3 Å². The number of imidazole rings is 1. The van der Waals surface area contributed by atoms with E-state index in [2.05, 4.69) is 9.55 Å². The van der Waals surface area contributed by atoms with Crippen LogP contribution in [0.3, 0.4) is 0 Å². The Morgan fingerprint density at radius 3 is 2.70 bits per heavy atom. The quantitative estimate of drug-likeness (QED) is 0.274. The van der Waals surface area contributed by atoms with Crippen LogP contribution in [0.4, 0.5) is 5.82 Å². The van der Waals surface area contributed by atoms with Crippen molar-refractivity contribution in [2.24, 2.45) is 0 Å². The first-order valence-corrected chi connectivity index (χ1v) is 12.9. The molecule has 0 fully saturated rings. The Morgan fingerprint density at radius 2 is 1.97 bits per heavy atom. The molecule has 0 aliphatic rings. The topological polar surface area (TPSA) is 103 Å². The van der Waals surface area contributed by atoms with Crippen molar-refractivity contribution in [3.63, 3.8) is 0 Å². The summed E-state index contributed by atoms with van der Waals surface area (Å²) in [4.78, 5) is 9.28. The van der Waals surface area contributed by atoms with Gasteiger partial charge in [0.05, 0.1) is 17.6 Å². The van der Waals surface area contributed by atoms with Gasteiger partial charge in [-0.2, -0.15) is 0 Å². The molecular formula is C22H26BN5O3S2. The van der Waals surface area contributed by atoms with E-state index < -0.39 is 10.0 Å². The number of nitrogens with two attached hydrogens (primary N) is 1. The molecule has 0 bridgehead atoms. The summed E-state index contributed by atoms with van der Waals surface area (Å²) in [5, 5.41) is 0.993. The molecule has 3 aromatic heterocycles. The molecule has 33 heavy (non-hydrogen) atoms. The van der Waals surface area contributed by atoms with Crippen LogP contribution in [0.25, 0.3) is 21.9 Å². The summed E-state index contributed by atoms with van der Waals surface area (Å²) in [6, 6.07) is 11.0. The standard InChI is InChI=1S/C22H26BN5O3S2/c1-27(33(29,30)19-10-9-17(23)32-19)12-5-6-13-28-18(11-14-31-2)26-20-21(28)15-7-3-4-8-16(15)25-22(20)24/h3-4,7-10H,5-6,11-14H2,1-2H3,(H2,24,25). The number of hydrogen-bond acceptors (Lipinski definition) is 7. The van der Waals surface area contributed by atoms with Gasteiger partial charge in [-0.3, -0.25) is 0 Å². The number of nitrogen functional groups attached to an aromatic ring is 1. The van der Waals surface area contributed by atoms with Gasteiger partial charge in [0.25, 0.3) is 10.0 Å². The van der Waals surface area contributed by atoms with Crippen molar-refractivity contribution < 1.29 is 13.2 Å². The number of benzene rings is 1. The SMILES string of the molecule is [B]c1ccc(S(=O)(=O)N(C)CCCCn2c(CCOC)nc3c(N)nc4ccccc4c32)s1. The summed E-state index contributed by atoms with van der Waals surface area (Å²) >= 11 is 1.08. The Labute approximate surface area is 198 Å². The van der Waals surface area contributed by atoms with Gasteiger partial charge in [-0.15, -0.1) is 11.3 Å². The van der Waals surface area contributed by atoms with Crippen LogP contribution in [0.15, 0.2) is 40.6 Å². The lowest BCUT2D eigenvalue weighted by Gasteiger charge is -2.16. The van der Waals surface area contributed by atoms with Crippen LogP contribution < -0.4 is 10.5 Å². The van der Waals surface area contributed by atoms with Gasteiger partial charge in [-0.05, 0) is 29.8 Å². The molecule has 4 aromatic rings. The van der Waals surface area contributed by atoms with E-state index in [4.69, 9.17) is 23.3 Å². The number of anilines is 1. The highest BCUT2D eigenvalue weighted by Crippen LogP contribution is 2.29. The maximum absolute atomic E-state index is 12.7. The van der Waals surface area contributed by atoms with Crippen LogP contribution in [-0.2, 0) is 27.7 Å². The zero-order chi connectivity index (χ0) is 23.6. The number of pyridine rings is 1. The zero-order valence-corrected chi connectivity index (χ0v) is 20.3. The Morgan fingerprint density at radius 1 is 1.18 bits per heavy atom. The van der Waals surface area contributed by atoms with E-state index in [1.165, 1.54) is 4.31 Å². The predicted octanol–water partition coefficient (Wildman–Crippen LogP) is 2.31. The lowest BCUT2D eigenvalue weighted by atomic mass is 10.1. The van der Waals surface area contributed by atoms with Gasteiger partial charge in [0.2, 0.25) is 0 Å². The number of aryl methyl sites for hydroxylation is 1. The number of para-hydroxylation sites is 1. The molecule has 0 unspecified atom stereocenters. The number of sulfonamides is 1. The van der Waals surface area contributed by atoms with E-state index in [1.54, 1.807) is 26.3 Å². The second kappa shape index (κ2) is 9.80. The number of hydrogen-bond donors (Lipinski definition) is 1. The summed E-state index contributed by atoms with van der Waals surface area (Å²) in [5.41, 5.74) is 8.70. The largest absolute Gasteiger partial charge is 0.384 e. The third-order valence-corrected chi connectivity index (χ3v) is 8.83. The normalized spacial score (nSPS) is 12.3. The van der Waals surface area contributed by atoms with Crippen LogP contribution in [0.2, 0.25) is 0 Å². The average Bonchev–Trinajstić information content (AvgIpc) is 3.40. The Kier molecular flexibility index (Phi) is 7.03. The molecule has 0 saturated heterocycles. The Bertz CT molecular complexity index is 1380. The summed E-state index contributed by atoms with van der Waals surface area (Å²) in [7, 11) is 5.43. The second-order valence-corrected chi connectivity index (χ2v) is 11.2. The summed E-state index contributed by atoms with van der Waals surface area (Å²) in [6.07, 6.45) is 2.11. The van der Waals surface area contributed by atoms with Gasteiger partial charge in [0.1, 0.15) is 23.4 Å². The fourth-order valence-corrected chi connectivity index (χ4v) is 6.39. The van der Waals surface area contributed by atoms with E-state index in [-0.39, 0.29) is 4.21 Å². The molecule has 2 N–H and O–H groups in total. The van der Waals surface area contributed by atoms with Gasteiger partial charge in [0, 0.05) is 39.1 Å². The molecule has 0 spiro atoms. The molecular weight excluding hydrogens is 457 g/mol. The Hall–Kier alpha value is -2.47. The van der Waals surface area contributed by atoms with E-state index in [0.29, 0.717) is 48.6 Å². The summed E-state index contributed by atoms with van der Waals surface area (Å²) in [6.45, 7) is 1.63. The molecule has 0 atom stereocenters. The molecule has 172 valence electrons. The number of methoxy groups -OCH3 is 1. The highest BCUT2D eigenvalue weighted by Gasteiger charge is 2.22. The van der Waals surface area contributed by atoms with Crippen LogP contribution in [0.5, 0.6) is 0 Å². The molecule has 3 heterocycles. The van der Waals surface area contributed by atoms with Gasteiger partial charge < -0.3 is 15.0 Å². The molecule has 1 aromatic carbocycles. The number of ether oxygens (including phenoxy) is 1. The minimum atomic E-state index is -3.53.